The van der Waals surface area contributed by atoms with E-state index in [4.69, 9.17) is 4.74 Å². The molecule has 0 bridgehead atoms. The van der Waals surface area contributed by atoms with Crippen molar-refractivity contribution in [3.63, 3.8) is 0 Å². The summed E-state index contributed by atoms with van der Waals surface area (Å²) in [6.45, 7) is 2.46. The second kappa shape index (κ2) is 10.3. The molecule has 0 aromatic heterocycles. The molecule has 1 fully saturated rings. The van der Waals surface area contributed by atoms with Crippen LogP contribution in [-0.4, -0.2) is 74.6 Å². The molecule has 0 radical (unpaired) electrons. The predicted octanol–water partition coefficient (Wildman–Crippen LogP) is 0.907. The van der Waals surface area contributed by atoms with Crippen molar-refractivity contribution >= 4 is 24.2 Å². The van der Waals surface area contributed by atoms with E-state index in [2.05, 4.69) is 5.32 Å². The zero-order valence-electron chi connectivity index (χ0n) is 14.0. The molecular formula is C16H22ClF2N3O3. The Morgan fingerprint density at radius 2 is 1.68 bits per heavy atom. The second-order valence-corrected chi connectivity index (χ2v) is 5.44. The molecule has 6 nitrogen and oxygen atoms in total. The van der Waals surface area contributed by atoms with Crippen molar-refractivity contribution in [2.75, 3.05) is 53.0 Å². The van der Waals surface area contributed by atoms with Crippen LogP contribution in [0.3, 0.4) is 0 Å². The highest BCUT2D eigenvalue weighted by Crippen LogP contribution is 2.16. The van der Waals surface area contributed by atoms with Crippen LogP contribution in [0.2, 0.25) is 0 Å². The van der Waals surface area contributed by atoms with Crippen LogP contribution in [0, 0.1) is 11.6 Å². The lowest BCUT2D eigenvalue weighted by atomic mass is 10.1. The fourth-order valence-electron chi connectivity index (χ4n) is 2.50. The molecule has 0 spiro atoms. The zero-order chi connectivity index (χ0) is 17.5. The first-order valence-corrected chi connectivity index (χ1v) is 7.75. The van der Waals surface area contributed by atoms with E-state index in [1.165, 1.54) is 11.0 Å². The van der Waals surface area contributed by atoms with Crippen molar-refractivity contribution in [1.82, 2.24) is 15.1 Å². The van der Waals surface area contributed by atoms with Crippen LogP contribution >= 0.6 is 12.4 Å². The van der Waals surface area contributed by atoms with Crippen LogP contribution < -0.4 is 5.32 Å². The Labute approximate surface area is 151 Å². The van der Waals surface area contributed by atoms with Gasteiger partial charge in [0.1, 0.15) is 17.2 Å². The third kappa shape index (κ3) is 5.62. The summed E-state index contributed by atoms with van der Waals surface area (Å²) in [4.78, 5) is 27.3. The lowest BCUT2D eigenvalue weighted by Crippen LogP contribution is -2.52. The summed E-state index contributed by atoms with van der Waals surface area (Å²) in [5.74, 6) is -2.51. The van der Waals surface area contributed by atoms with Gasteiger partial charge < -0.3 is 19.9 Å². The number of nitrogens with one attached hydrogen (secondary N) is 1. The maximum absolute atomic E-state index is 13.7. The topological polar surface area (TPSA) is 61.9 Å². The van der Waals surface area contributed by atoms with E-state index < -0.39 is 23.1 Å². The van der Waals surface area contributed by atoms with Gasteiger partial charge in [0.2, 0.25) is 5.91 Å². The van der Waals surface area contributed by atoms with Crippen molar-refractivity contribution in [3.8, 4) is 0 Å². The summed E-state index contributed by atoms with van der Waals surface area (Å²) < 4.78 is 32.3. The Hall–Kier alpha value is -1.77. The molecule has 1 aliphatic rings. The van der Waals surface area contributed by atoms with Crippen LogP contribution in [0.1, 0.15) is 10.4 Å². The number of halogens is 3. The first-order chi connectivity index (χ1) is 11.5. The molecule has 0 saturated carbocycles. The van der Waals surface area contributed by atoms with E-state index in [0.29, 0.717) is 26.2 Å². The molecule has 2 rings (SSSR count). The monoisotopic (exact) mass is 377 g/mol. The fourth-order valence-corrected chi connectivity index (χ4v) is 2.50. The number of amides is 2. The highest BCUT2D eigenvalue weighted by Gasteiger charge is 2.27. The molecule has 9 heteroatoms. The minimum Gasteiger partial charge on any atom is -0.383 e. The predicted molar refractivity (Wildman–Crippen MR) is 90.8 cm³/mol. The number of ether oxygens (including phenoxy) is 1. The number of piperazine rings is 1. The van der Waals surface area contributed by atoms with Crippen LogP contribution in [0.25, 0.3) is 0 Å². The van der Waals surface area contributed by atoms with E-state index in [0.717, 1.165) is 12.1 Å². The summed E-state index contributed by atoms with van der Waals surface area (Å²) in [6.07, 6.45) is 0. The Morgan fingerprint density at radius 1 is 1.12 bits per heavy atom. The van der Waals surface area contributed by atoms with Crippen molar-refractivity contribution in [1.29, 1.82) is 0 Å². The van der Waals surface area contributed by atoms with Gasteiger partial charge in [-0.05, 0) is 12.1 Å². The van der Waals surface area contributed by atoms with Crippen molar-refractivity contribution in [3.05, 3.63) is 35.4 Å². The average Bonchev–Trinajstić information content (AvgIpc) is 2.58. The number of carbonyl (C=O) groups is 2. The number of nitrogens with zero attached hydrogens (tertiary/aromatic N) is 2. The van der Waals surface area contributed by atoms with Gasteiger partial charge in [0.15, 0.2) is 0 Å². The highest BCUT2D eigenvalue weighted by atomic mass is 35.5. The van der Waals surface area contributed by atoms with Gasteiger partial charge in [-0.2, -0.15) is 0 Å². The zero-order valence-corrected chi connectivity index (χ0v) is 14.8. The third-order valence-corrected chi connectivity index (χ3v) is 3.86. The third-order valence-electron chi connectivity index (χ3n) is 3.86. The second-order valence-electron chi connectivity index (χ2n) is 5.44. The quantitative estimate of drug-likeness (QED) is 0.748. The van der Waals surface area contributed by atoms with Crippen molar-refractivity contribution in [2.24, 2.45) is 0 Å². The first kappa shape index (κ1) is 21.3. The molecule has 25 heavy (non-hydrogen) atoms. The molecule has 2 amide bonds. The molecule has 0 aliphatic carbocycles. The van der Waals surface area contributed by atoms with Gasteiger partial charge in [-0.1, -0.05) is 6.07 Å². The summed E-state index contributed by atoms with van der Waals surface area (Å²) in [7, 11) is 1.58. The molecule has 0 unspecified atom stereocenters. The minimum absolute atomic E-state index is 0. The summed E-state index contributed by atoms with van der Waals surface area (Å²) in [5.41, 5.74) is -0.543. The number of methoxy groups -OCH3 is 1. The van der Waals surface area contributed by atoms with Gasteiger partial charge in [-0.3, -0.25) is 9.59 Å². The fraction of sp³-hybridized carbons (Fsp3) is 0.500. The van der Waals surface area contributed by atoms with Crippen molar-refractivity contribution < 1.29 is 23.1 Å². The number of benzene rings is 1. The lowest BCUT2D eigenvalue weighted by Gasteiger charge is -2.35. The number of carbonyl (C=O) groups excluding carboxylic acids is 2. The molecule has 1 saturated heterocycles. The minimum atomic E-state index is -0.874. The lowest BCUT2D eigenvalue weighted by molar-refractivity contribution is -0.131. The first-order valence-electron chi connectivity index (χ1n) is 7.75. The van der Waals surface area contributed by atoms with E-state index in [-0.39, 0.29) is 37.9 Å². The van der Waals surface area contributed by atoms with Gasteiger partial charge in [0.25, 0.3) is 5.91 Å². The molecule has 1 aromatic rings. The van der Waals surface area contributed by atoms with Crippen LogP contribution in [0.15, 0.2) is 18.2 Å². The van der Waals surface area contributed by atoms with Crippen LogP contribution in [-0.2, 0) is 9.53 Å². The Balaban J connectivity index is 0.00000312. The SMILES string of the molecule is COCCNCC(=O)N1CCN(C(=O)c2c(F)cccc2F)CC1.Cl. The standard InChI is InChI=1S/C16H21F2N3O3.ClH/c1-24-10-5-19-11-14(22)20-6-8-21(9-7-20)16(23)15-12(17)3-2-4-13(15)18;/h2-4,19H,5-11H2,1H3;1H. The molecule has 1 N–H and O–H groups in total. The van der Waals surface area contributed by atoms with E-state index in [1.807, 2.05) is 0 Å². The molecule has 1 aliphatic heterocycles. The molecule has 140 valence electrons. The smallest absolute Gasteiger partial charge is 0.259 e. The Bertz CT molecular complexity index is 576. The highest BCUT2D eigenvalue weighted by molar-refractivity contribution is 5.95. The maximum Gasteiger partial charge on any atom is 0.259 e. The Kier molecular flexibility index (Phi) is 8.74. The summed E-state index contributed by atoms with van der Waals surface area (Å²) in [5, 5.41) is 2.96. The van der Waals surface area contributed by atoms with Crippen molar-refractivity contribution in [2.45, 2.75) is 0 Å². The maximum atomic E-state index is 13.7. The largest absolute Gasteiger partial charge is 0.383 e. The van der Waals surface area contributed by atoms with Gasteiger partial charge >= 0.3 is 0 Å². The number of hydrogen-bond donors (Lipinski definition) is 1. The van der Waals surface area contributed by atoms with E-state index >= 15 is 0 Å². The molecular weight excluding hydrogens is 356 g/mol. The molecule has 0 atom stereocenters. The number of rotatable bonds is 6. The van der Waals surface area contributed by atoms with E-state index in [9.17, 15) is 18.4 Å². The molecule has 1 heterocycles. The van der Waals surface area contributed by atoms with Gasteiger partial charge in [0.05, 0.1) is 13.2 Å². The normalized spacial score (nSPS) is 14.2. The Morgan fingerprint density at radius 3 is 2.24 bits per heavy atom. The van der Waals surface area contributed by atoms with Gasteiger partial charge in [0, 0.05) is 39.8 Å². The van der Waals surface area contributed by atoms with E-state index in [1.54, 1.807) is 12.0 Å². The summed E-state index contributed by atoms with van der Waals surface area (Å²) >= 11 is 0. The average molecular weight is 378 g/mol. The molecule has 1 aromatic carbocycles. The van der Waals surface area contributed by atoms with Gasteiger partial charge in [-0.25, -0.2) is 8.78 Å². The van der Waals surface area contributed by atoms with Crippen LogP contribution in [0.4, 0.5) is 8.78 Å². The number of hydrogen-bond acceptors (Lipinski definition) is 4. The van der Waals surface area contributed by atoms with Gasteiger partial charge in [-0.15, -0.1) is 12.4 Å². The van der Waals surface area contributed by atoms with Crippen LogP contribution in [0.5, 0.6) is 0 Å². The summed E-state index contributed by atoms with van der Waals surface area (Å²) in [6, 6.07) is 3.33.